The fraction of sp³-hybridized carbons (Fsp3) is 0.877. The molecule has 0 saturated heterocycles. The zero-order chi connectivity index (χ0) is 51.2. The lowest BCUT2D eigenvalue weighted by atomic mass is 9.85. The number of aliphatic hydroxyl groups is 5. The predicted octanol–water partition coefficient (Wildman–Crippen LogP) is 13.8. The molecule has 1 fully saturated rings. The smallest absolute Gasteiger partial charge is 0.457 e. The van der Waals surface area contributed by atoms with Crippen molar-refractivity contribution in [3.05, 3.63) is 36.5 Å². The molecule has 0 spiro atoms. The summed E-state index contributed by atoms with van der Waals surface area (Å²) < 4.78 is 34.4. The average molecular weight is 1020 g/mol. The first-order valence-electron chi connectivity index (χ1n) is 28.8. The third kappa shape index (κ3) is 38.2. The van der Waals surface area contributed by atoms with Crippen molar-refractivity contribution in [3.63, 3.8) is 0 Å². The molecule has 0 aromatic heterocycles. The molecule has 70 heavy (non-hydrogen) atoms. The second kappa shape index (κ2) is 47.3. The normalized spacial score (nSPS) is 21.1. The fourth-order valence-electron chi connectivity index (χ4n) is 8.95. The Labute approximate surface area is 427 Å². The molecule has 13 heteroatoms. The van der Waals surface area contributed by atoms with E-state index >= 15 is 0 Å². The maximum Gasteiger partial charge on any atom is 0.472 e. The Kier molecular flexibility index (Phi) is 45.0. The molecule has 1 aliphatic rings. The van der Waals surface area contributed by atoms with E-state index in [2.05, 4.69) is 50.3 Å². The molecule has 6 unspecified atom stereocenters. The van der Waals surface area contributed by atoms with E-state index in [4.69, 9.17) is 18.5 Å². The summed E-state index contributed by atoms with van der Waals surface area (Å²) in [5.41, 5.74) is 0. The first-order chi connectivity index (χ1) is 34.0. The van der Waals surface area contributed by atoms with Gasteiger partial charge in [-0.3, -0.25) is 13.8 Å². The SMILES string of the molecule is CCCCCCC/C=C\C/C=C\C/C=C\CCCCCCCCCCC(=O)OC(COCCCCCCCCCCCCCCCCCCCCCC)COP(=O)(O)OC1C(O)C(O)C(O)C(O)C1O. The molecule has 0 radical (unpaired) electrons. The van der Waals surface area contributed by atoms with Crippen LogP contribution in [0.3, 0.4) is 0 Å². The van der Waals surface area contributed by atoms with Crippen LogP contribution in [-0.2, 0) is 27.9 Å². The predicted molar refractivity (Wildman–Crippen MR) is 286 cm³/mol. The van der Waals surface area contributed by atoms with Gasteiger partial charge >= 0.3 is 13.8 Å². The average Bonchev–Trinajstić information content (AvgIpc) is 3.35. The lowest BCUT2D eigenvalue weighted by molar-refractivity contribution is -0.220. The number of aliphatic hydroxyl groups excluding tert-OH is 5. The zero-order valence-electron chi connectivity index (χ0n) is 44.6. The monoisotopic (exact) mass is 1010 g/mol. The van der Waals surface area contributed by atoms with Gasteiger partial charge in [-0.2, -0.15) is 0 Å². The van der Waals surface area contributed by atoms with Gasteiger partial charge in [0, 0.05) is 13.0 Å². The van der Waals surface area contributed by atoms with Crippen molar-refractivity contribution in [2.75, 3.05) is 19.8 Å². The van der Waals surface area contributed by atoms with Crippen molar-refractivity contribution in [2.45, 2.75) is 301 Å². The summed E-state index contributed by atoms with van der Waals surface area (Å²) in [6.45, 7) is 4.29. The number of rotatable bonds is 50. The quantitative estimate of drug-likeness (QED) is 0.0146. The second-order valence-electron chi connectivity index (χ2n) is 20.1. The van der Waals surface area contributed by atoms with Crippen LogP contribution in [0.25, 0.3) is 0 Å². The molecule has 12 nitrogen and oxygen atoms in total. The maximum atomic E-state index is 12.9. The molecule has 0 aliphatic heterocycles. The molecule has 6 N–H and O–H groups in total. The summed E-state index contributed by atoms with van der Waals surface area (Å²) in [6, 6.07) is 0. The molecule has 0 bridgehead atoms. The number of phosphoric ester groups is 1. The van der Waals surface area contributed by atoms with Crippen LogP contribution in [0.1, 0.15) is 258 Å². The van der Waals surface area contributed by atoms with Crippen LogP contribution in [-0.4, -0.2) is 98.9 Å². The number of hydrogen-bond acceptors (Lipinski definition) is 11. The van der Waals surface area contributed by atoms with E-state index in [1.54, 1.807) is 0 Å². The highest BCUT2D eigenvalue weighted by Gasteiger charge is 2.51. The highest BCUT2D eigenvalue weighted by molar-refractivity contribution is 7.47. The molecule has 6 atom stereocenters. The zero-order valence-corrected chi connectivity index (χ0v) is 45.5. The van der Waals surface area contributed by atoms with E-state index in [1.165, 1.54) is 167 Å². The van der Waals surface area contributed by atoms with E-state index in [0.717, 1.165) is 64.2 Å². The number of esters is 1. The number of unbranched alkanes of at least 4 members (excludes halogenated alkanes) is 32. The van der Waals surface area contributed by atoms with Crippen LogP contribution in [0.5, 0.6) is 0 Å². The molecule has 1 saturated carbocycles. The molecule has 0 aromatic rings. The van der Waals surface area contributed by atoms with Crippen molar-refractivity contribution in [1.82, 2.24) is 0 Å². The minimum Gasteiger partial charge on any atom is -0.457 e. The summed E-state index contributed by atoms with van der Waals surface area (Å²) in [6.07, 6.45) is 46.4. The number of carbonyl (C=O) groups excluding carboxylic acids is 1. The Balaban J connectivity index is 2.29. The van der Waals surface area contributed by atoms with Gasteiger partial charge in [0.2, 0.25) is 0 Å². The van der Waals surface area contributed by atoms with Gasteiger partial charge in [0.25, 0.3) is 0 Å². The van der Waals surface area contributed by atoms with Gasteiger partial charge in [0.15, 0.2) is 0 Å². The van der Waals surface area contributed by atoms with Crippen LogP contribution in [0, 0.1) is 0 Å². The number of allylic oxidation sites excluding steroid dienone is 6. The summed E-state index contributed by atoms with van der Waals surface area (Å²) >= 11 is 0. The van der Waals surface area contributed by atoms with E-state index < -0.39 is 63.1 Å². The van der Waals surface area contributed by atoms with Crippen molar-refractivity contribution in [3.8, 4) is 0 Å². The van der Waals surface area contributed by atoms with Crippen molar-refractivity contribution < 1.29 is 58.3 Å². The molecule has 1 rings (SSSR count). The number of carbonyl (C=O) groups is 1. The number of phosphoric acid groups is 1. The lowest BCUT2D eigenvalue weighted by Crippen LogP contribution is -2.64. The third-order valence-corrected chi connectivity index (χ3v) is 14.5. The van der Waals surface area contributed by atoms with Crippen LogP contribution in [0.15, 0.2) is 36.5 Å². The first kappa shape index (κ1) is 66.6. The minimum absolute atomic E-state index is 0.0762. The minimum atomic E-state index is -5.03. The van der Waals surface area contributed by atoms with Gasteiger partial charge in [0.1, 0.15) is 42.7 Å². The molecule has 1 aliphatic carbocycles. The first-order valence-corrected chi connectivity index (χ1v) is 30.3. The Morgan fingerprint density at radius 1 is 0.457 bits per heavy atom. The van der Waals surface area contributed by atoms with E-state index in [-0.39, 0.29) is 13.0 Å². The van der Waals surface area contributed by atoms with Crippen molar-refractivity contribution in [1.29, 1.82) is 0 Å². The topological polar surface area (TPSA) is 192 Å². The van der Waals surface area contributed by atoms with Crippen LogP contribution < -0.4 is 0 Å². The van der Waals surface area contributed by atoms with Gasteiger partial charge in [-0.25, -0.2) is 4.57 Å². The van der Waals surface area contributed by atoms with Gasteiger partial charge in [-0.05, 0) is 51.4 Å². The highest BCUT2D eigenvalue weighted by Crippen LogP contribution is 2.47. The highest BCUT2D eigenvalue weighted by atomic mass is 31.2. The standard InChI is InChI=1S/C57H107O12P/c1-3-5-7-9-11-13-15-17-19-21-23-25-26-27-28-30-32-34-36-38-40-42-44-46-51(58)68-50(49-67-70(64,65)69-57-55(62)53(60)52(59)54(61)56(57)63)48-66-47-45-43-41-39-37-35-33-31-29-24-22-20-18-16-14-12-10-8-6-4-2/h15,17,21,23,26-27,50,52-57,59-63H,3-14,16,18-20,22,24-25,28-49H2,1-2H3,(H,64,65)/b17-15-,23-21-,27-26-. The summed E-state index contributed by atoms with van der Waals surface area (Å²) in [5.74, 6) is -0.480. The third-order valence-electron chi connectivity index (χ3n) is 13.5. The molecule has 0 aromatic carbocycles. The summed E-state index contributed by atoms with van der Waals surface area (Å²) in [4.78, 5) is 23.3. The van der Waals surface area contributed by atoms with E-state index in [0.29, 0.717) is 13.0 Å². The summed E-state index contributed by atoms with van der Waals surface area (Å²) in [5, 5.41) is 50.4. The fourth-order valence-corrected chi connectivity index (χ4v) is 9.93. The number of hydrogen-bond donors (Lipinski definition) is 6. The van der Waals surface area contributed by atoms with Crippen LogP contribution >= 0.6 is 7.82 Å². The second-order valence-corrected chi connectivity index (χ2v) is 21.6. The van der Waals surface area contributed by atoms with Crippen molar-refractivity contribution >= 4 is 13.8 Å². The lowest BCUT2D eigenvalue weighted by Gasteiger charge is -2.41. The van der Waals surface area contributed by atoms with Gasteiger partial charge in [0.05, 0.1) is 13.2 Å². The Morgan fingerprint density at radius 3 is 1.21 bits per heavy atom. The van der Waals surface area contributed by atoms with Crippen LogP contribution in [0.2, 0.25) is 0 Å². The van der Waals surface area contributed by atoms with Gasteiger partial charge < -0.3 is 39.9 Å². The number of ether oxygens (including phenoxy) is 2. The van der Waals surface area contributed by atoms with Gasteiger partial charge in [-0.1, -0.05) is 237 Å². The summed E-state index contributed by atoms with van der Waals surface area (Å²) in [7, 11) is -5.03. The molecule has 0 amide bonds. The van der Waals surface area contributed by atoms with Gasteiger partial charge in [-0.15, -0.1) is 0 Å². The molecule has 412 valence electrons. The maximum absolute atomic E-state index is 12.9. The van der Waals surface area contributed by atoms with Crippen molar-refractivity contribution in [2.24, 2.45) is 0 Å². The molecule has 0 heterocycles. The Hall–Kier alpha value is -1.44. The van der Waals surface area contributed by atoms with E-state index in [1.807, 2.05) is 0 Å². The molecular weight excluding hydrogens is 908 g/mol. The Morgan fingerprint density at radius 2 is 0.800 bits per heavy atom. The van der Waals surface area contributed by atoms with E-state index in [9.17, 15) is 39.8 Å². The molecular formula is C57H107O12P. The Bertz CT molecular complexity index is 1300. The largest absolute Gasteiger partial charge is 0.472 e. The van der Waals surface area contributed by atoms with Crippen LogP contribution in [0.4, 0.5) is 0 Å².